The number of aryl methyl sites for hydroxylation is 1. The van der Waals surface area contributed by atoms with Gasteiger partial charge in [-0.3, -0.25) is 9.62 Å². The maximum Gasteiger partial charge on any atom is 0.229 e. The quantitative estimate of drug-likeness (QED) is 0.664. The first-order chi connectivity index (χ1) is 15.7. The number of fused-ring (bicyclic) bond motifs is 2. The number of likely N-dealkylation sites (tertiary alicyclic amines) is 1. The zero-order chi connectivity index (χ0) is 23.2. The summed E-state index contributed by atoms with van der Waals surface area (Å²) in [5.74, 6) is 0.640. The fourth-order valence-electron chi connectivity index (χ4n) is 5.64. The van der Waals surface area contributed by atoms with Gasteiger partial charge in [0, 0.05) is 36.8 Å². The Balaban J connectivity index is 0.00000274. The van der Waals surface area contributed by atoms with Crippen molar-refractivity contribution in [2.75, 3.05) is 24.1 Å². The number of hydrogen-bond acceptors (Lipinski definition) is 6. The van der Waals surface area contributed by atoms with E-state index in [0.29, 0.717) is 29.5 Å². The van der Waals surface area contributed by atoms with Crippen LogP contribution in [-0.4, -0.2) is 49.4 Å². The Kier molecular flexibility index (Phi) is 6.85. The zero-order valence-corrected chi connectivity index (χ0v) is 20.8. The predicted molar refractivity (Wildman–Crippen MR) is 133 cm³/mol. The van der Waals surface area contributed by atoms with Gasteiger partial charge >= 0.3 is 0 Å². The number of benzene rings is 2. The number of halogens is 1. The van der Waals surface area contributed by atoms with Gasteiger partial charge in [-0.25, -0.2) is 8.42 Å². The van der Waals surface area contributed by atoms with Crippen LogP contribution in [-0.2, 0) is 22.9 Å². The van der Waals surface area contributed by atoms with Crippen LogP contribution >= 0.6 is 12.4 Å². The number of aliphatic hydroxyl groups is 1. The molecule has 2 heterocycles. The van der Waals surface area contributed by atoms with Gasteiger partial charge in [-0.2, -0.15) is 5.26 Å². The smallest absolute Gasteiger partial charge is 0.229 e. The van der Waals surface area contributed by atoms with Crippen molar-refractivity contribution in [2.24, 2.45) is 0 Å². The molecule has 0 bridgehead atoms. The van der Waals surface area contributed by atoms with Crippen LogP contribution in [0.3, 0.4) is 0 Å². The van der Waals surface area contributed by atoms with Crippen molar-refractivity contribution in [3.8, 4) is 11.8 Å². The Morgan fingerprint density at radius 3 is 2.65 bits per heavy atom. The molecule has 1 aliphatic carbocycles. The third kappa shape index (κ3) is 5.03. The highest BCUT2D eigenvalue weighted by atomic mass is 35.5. The van der Waals surface area contributed by atoms with Crippen LogP contribution in [0, 0.1) is 11.3 Å². The molecule has 34 heavy (non-hydrogen) atoms. The molecule has 0 saturated carbocycles. The third-order valence-electron chi connectivity index (χ3n) is 7.33. The monoisotopic (exact) mass is 503 g/mol. The highest BCUT2D eigenvalue weighted by Gasteiger charge is 2.44. The molecule has 2 aromatic rings. The first-order valence-electron chi connectivity index (χ1n) is 11.5. The summed E-state index contributed by atoms with van der Waals surface area (Å²) in [6.45, 7) is 1.85. The summed E-state index contributed by atoms with van der Waals surface area (Å²) in [6.07, 6.45) is 5.75. The van der Waals surface area contributed by atoms with Crippen LogP contribution in [0.5, 0.6) is 5.75 Å². The Morgan fingerprint density at radius 1 is 1.18 bits per heavy atom. The molecule has 1 saturated heterocycles. The van der Waals surface area contributed by atoms with Gasteiger partial charge in [-0.05, 0) is 73.6 Å². The summed E-state index contributed by atoms with van der Waals surface area (Å²) < 4.78 is 32.0. The molecule has 1 fully saturated rings. The Bertz CT molecular complexity index is 1220. The zero-order valence-electron chi connectivity index (χ0n) is 19.2. The van der Waals surface area contributed by atoms with Crippen molar-refractivity contribution in [1.82, 2.24) is 4.90 Å². The van der Waals surface area contributed by atoms with E-state index in [-0.39, 0.29) is 18.0 Å². The van der Waals surface area contributed by atoms with Gasteiger partial charge in [0.05, 0.1) is 24.0 Å². The third-order valence-corrected chi connectivity index (χ3v) is 7.93. The molecule has 0 radical (unpaired) electrons. The molecule has 0 aromatic heterocycles. The molecular weight excluding hydrogens is 474 g/mol. The van der Waals surface area contributed by atoms with E-state index in [1.165, 1.54) is 11.1 Å². The van der Waals surface area contributed by atoms with Crippen molar-refractivity contribution >= 4 is 28.1 Å². The number of sulfonamides is 1. The van der Waals surface area contributed by atoms with E-state index in [1.54, 1.807) is 18.2 Å². The summed E-state index contributed by atoms with van der Waals surface area (Å²) in [5.41, 5.74) is 4.07. The highest BCUT2D eigenvalue weighted by Crippen LogP contribution is 2.45. The topological polar surface area (TPSA) is 103 Å². The molecule has 0 amide bonds. The van der Waals surface area contributed by atoms with Gasteiger partial charge in [0.15, 0.2) is 0 Å². The average molecular weight is 504 g/mol. The fourth-order valence-corrected chi connectivity index (χ4v) is 6.19. The Labute approximate surface area is 207 Å². The summed E-state index contributed by atoms with van der Waals surface area (Å²) in [5, 5.41) is 20.0. The molecule has 3 aliphatic rings. The number of ether oxygens (including phenoxy) is 1. The first-order valence-corrected chi connectivity index (χ1v) is 13.4. The van der Waals surface area contributed by atoms with E-state index in [1.807, 2.05) is 12.1 Å². The molecule has 2 atom stereocenters. The minimum atomic E-state index is -3.38. The van der Waals surface area contributed by atoms with E-state index in [0.717, 1.165) is 57.0 Å². The molecule has 9 heteroatoms. The molecule has 2 N–H and O–H groups in total. The summed E-state index contributed by atoms with van der Waals surface area (Å²) in [4.78, 5) is 2.55. The van der Waals surface area contributed by atoms with Crippen LogP contribution < -0.4 is 9.46 Å². The first kappa shape index (κ1) is 24.8. The standard InChI is InChI=1S/C25H29N3O4S.ClH/c1-33(30,31)27-20-5-7-24-22(14-20)23(29)15-25(32-24)8-10-28(11-9-25)21-6-4-18-12-17(16-26)2-3-19(18)13-21;/h2-3,5,7,12,14,21,23,27,29H,4,6,8-11,13,15H2,1H3;1H. The van der Waals surface area contributed by atoms with Crippen molar-refractivity contribution in [1.29, 1.82) is 5.26 Å². The molecule has 182 valence electrons. The van der Waals surface area contributed by atoms with Crippen molar-refractivity contribution in [3.05, 3.63) is 58.7 Å². The lowest BCUT2D eigenvalue weighted by Gasteiger charge is -2.48. The molecule has 5 rings (SSSR count). The second-order valence-electron chi connectivity index (χ2n) is 9.66. The number of aliphatic hydroxyl groups excluding tert-OH is 1. The van der Waals surface area contributed by atoms with Gasteiger partial charge in [0.25, 0.3) is 0 Å². The van der Waals surface area contributed by atoms with Crippen LogP contribution in [0.1, 0.15) is 54.0 Å². The molecule has 7 nitrogen and oxygen atoms in total. The Morgan fingerprint density at radius 2 is 1.94 bits per heavy atom. The summed E-state index contributed by atoms with van der Waals surface area (Å²) >= 11 is 0. The fraction of sp³-hybridized carbons (Fsp3) is 0.480. The van der Waals surface area contributed by atoms with E-state index >= 15 is 0 Å². The number of nitrogens with zero attached hydrogens (tertiary/aromatic N) is 2. The number of nitriles is 1. The van der Waals surface area contributed by atoms with Gasteiger partial charge in [0.2, 0.25) is 10.0 Å². The van der Waals surface area contributed by atoms with Crippen LogP contribution in [0.4, 0.5) is 5.69 Å². The molecule has 2 aliphatic heterocycles. The summed E-state index contributed by atoms with van der Waals surface area (Å²) in [7, 11) is -3.38. The Hall–Kier alpha value is -2.31. The lowest BCUT2D eigenvalue weighted by Crippen LogP contribution is -2.53. The summed E-state index contributed by atoms with van der Waals surface area (Å²) in [6, 6.07) is 13.9. The molecular formula is C25H30ClN3O4S. The van der Waals surface area contributed by atoms with Crippen molar-refractivity contribution < 1.29 is 18.3 Å². The maximum absolute atomic E-state index is 11.5. The minimum Gasteiger partial charge on any atom is -0.487 e. The number of piperidine rings is 1. The number of anilines is 1. The SMILES string of the molecule is CS(=O)(=O)Nc1ccc2c(c1)C(O)CC1(CCN(C3CCc4cc(C#N)ccc4C3)CC1)O2.Cl. The second-order valence-corrected chi connectivity index (χ2v) is 11.4. The predicted octanol–water partition coefficient (Wildman–Crippen LogP) is 3.56. The van der Waals surface area contributed by atoms with E-state index in [4.69, 9.17) is 10.00 Å². The molecule has 1 spiro atoms. The minimum absolute atomic E-state index is 0. The lowest BCUT2D eigenvalue weighted by atomic mass is 9.80. The lowest BCUT2D eigenvalue weighted by molar-refractivity contribution is -0.0608. The van der Waals surface area contributed by atoms with Gasteiger partial charge in [-0.1, -0.05) is 6.07 Å². The maximum atomic E-state index is 11.5. The van der Waals surface area contributed by atoms with Crippen LogP contribution in [0.15, 0.2) is 36.4 Å². The normalized spacial score (nSPS) is 23.6. The largest absolute Gasteiger partial charge is 0.487 e. The van der Waals surface area contributed by atoms with Crippen molar-refractivity contribution in [2.45, 2.75) is 56.3 Å². The van der Waals surface area contributed by atoms with Gasteiger partial charge in [-0.15, -0.1) is 12.4 Å². The highest BCUT2D eigenvalue weighted by molar-refractivity contribution is 7.92. The second kappa shape index (κ2) is 9.38. The number of rotatable bonds is 3. The van der Waals surface area contributed by atoms with Crippen LogP contribution in [0.25, 0.3) is 0 Å². The average Bonchev–Trinajstić information content (AvgIpc) is 2.78. The van der Waals surface area contributed by atoms with Crippen molar-refractivity contribution in [3.63, 3.8) is 0 Å². The van der Waals surface area contributed by atoms with Gasteiger partial charge in [0.1, 0.15) is 11.4 Å². The van der Waals surface area contributed by atoms with Crippen LogP contribution in [0.2, 0.25) is 0 Å². The molecule has 2 aromatic carbocycles. The number of nitrogens with one attached hydrogen (secondary N) is 1. The molecule has 2 unspecified atom stereocenters. The van der Waals surface area contributed by atoms with E-state index in [9.17, 15) is 13.5 Å². The van der Waals surface area contributed by atoms with Gasteiger partial charge < -0.3 is 9.84 Å². The number of hydrogen-bond donors (Lipinski definition) is 2. The van der Waals surface area contributed by atoms with E-state index in [2.05, 4.69) is 21.8 Å². The van der Waals surface area contributed by atoms with E-state index < -0.39 is 16.1 Å².